The molecule has 0 saturated carbocycles. The lowest BCUT2D eigenvalue weighted by molar-refractivity contribution is -0.125. The Hall–Kier alpha value is -0.610. The monoisotopic (exact) mass is 226 g/mol. The van der Waals surface area contributed by atoms with Gasteiger partial charge in [-0.3, -0.25) is 4.79 Å². The molecule has 0 radical (unpaired) electrons. The molecule has 2 N–H and O–H groups in total. The number of nitrogens with one attached hydrogen (secondary N) is 2. The Balaban J connectivity index is 1.67. The van der Waals surface area contributed by atoms with Gasteiger partial charge in [0.15, 0.2) is 0 Å². The van der Waals surface area contributed by atoms with E-state index < -0.39 is 0 Å². The highest BCUT2D eigenvalue weighted by molar-refractivity contribution is 5.79. The van der Waals surface area contributed by atoms with Crippen LogP contribution < -0.4 is 10.6 Å². The standard InChI is InChI=1S/C12H22N2O2/c1-9-3-2-4-11(14-9)7-13-12(15)10-5-6-16-8-10/h9-11,14H,2-8H2,1H3,(H,13,15). The van der Waals surface area contributed by atoms with Crippen LogP contribution in [0.25, 0.3) is 0 Å². The summed E-state index contributed by atoms with van der Waals surface area (Å²) in [7, 11) is 0. The SMILES string of the molecule is CC1CCCC(CNC(=O)C2CCOC2)N1. The lowest BCUT2D eigenvalue weighted by Crippen LogP contribution is -2.48. The minimum Gasteiger partial charge on any atom is -0.381 e. The van der Waals surface area contributed by atoms with Crippen molar-refractivity contribution in [2.75, 3.05) is 19.8 Å². The van der Waals surface area contributed by atoms with E-state index in [-0.39, 0.29) is 11.8 Å². The molecule has 0 aliphatic carbocycles. The summed E-state index contributed by atoms with van der Waals surface area (Å²) < 4.78 is 5.21. The summed E-state index contributed by atoms with van der Waals surface area (Å²) in [6.45, 7) is 4.30. The molecule has 1 amide bonds. The molecule has 2 aliphatic rings. The van der Waals surface area contributed by atoms with E-state index in [2.05, 4.69) is 17.6 Å². The molecule has 0 bridgehead atoms. The van der Waals surface area contributed by atoms with Crippen LogP contribution in [0.5, 0.6) is 0 Å². The van der Waals surface area contributed by atoms with E-state index in [1.807, 2.05) is 0 Å². The molecule has 0 aromatic carbocycles. The molecule has 2 saturated heterocycles. The van der Waals surface area contributed by atoms with Crippen LogP contribution in [0.1, 0.15) is 32.6 Å². The van der Waals surface area contributed by atoms with Crippen LogP contribution in [-0.4, -0.2) is 37.7 Å². The van der Waals surface area contributed by atoms with E-state index in [4.69, 9.17) is 4.74 Å². The highest BCUT2D eigenvalue weighted by Crippen LogP contribution is 2.14. The van der Waals surface area contributed by atoms with Gasteiger partial charge in [-0.05, 0) is 26.2 Å². The first kappa shape index (κ1) is 11.9. The maximum absolute atomic E-state index is 11.8. The molecule has 3 atom stereocenters. The Morgan fingerprint density at radius 1 is 1.44 bits per heavy atom. The molecule has 92 valence electrons. The predicted molar refractivity (Wildman–Crippen MR) is 62.2 cm³/mol. The zero-order valence-corrected chi connectivity index (χ0v) is 10.00. The number of amides is 1. The summed E-state index contributed by atoms with van der Waals surface area (Å²) in [6, 6.07) is 1.04. The van der Waals surface area contributed by atoms with Crippen molar-refractivity contribution in [1.82, 2.24) is 10.6 Å². The quantitative estimate of drug-likeness (QED) is 0.743. The first-order valence-corrected chi connectivity index (χ1v) is 6.37. The number of carbonyl (C=O) groups excluding carboxylic acids is 1. The van der Waals surface area contributed by atoms with Crippen LogP contribution in [0.4, 0.5) is 0 Å². The van der Waals surface area contributed by atoms with Crippen LogP contribution in [0.15, 0.2) is 0 Å². The molecule has 4 nitrogen and oxygen atoms in total. The van der Waals surface area contributed by atoms with E-state index in [9.17, 15) is 4.79 Å². The fourth-order valence-electron chi connectivity index (χ4n) is 2.51. The number of piperidine rings is 1. The van der Waals surface area contributed by atoms with E-state index in [1.165, 1.54) is 19.3 Å². The number of rotatable bonds is 3. The number of hydrogen-bond acceptors (Lipinski definition) is 3. The van der Waals surface area contributed by atoms with Crippen LogP contribution in [0.3, 0.4) is 0 Å². The van der Waals surface area contributed by atoms with Gasteiger partial charge in [0.1, 0.15) is 0 Å². The lowest BCUT2D eigenvalue weighted by Gasteiger charge is -2.29. The summed E-state index contributed by atoms with van der Waals surface area (Å²) >= 11 is 0. The van der Waals surface area contributed by atoms with Gasteiger partial charge in [-0.25, -0.2) is 0 Å². The molecule has 4 heteroatoms. The molecule has 0 aromatic heterocycles. The summed E-state index contributed by atoms with van der Waals surface area (Å²) in [4.78, 5) is 11.8. The molecule has 2 rings (SSSR count). The molecular weight excluding hydrogens is 204 g/mol. The summed E-state index contributed by atoms with van der Waals surface area (Å²) in [5, 5.41) is 6.55. The topological polar surface area (TPSA) is 50.4 Å². The normalized spacial score (nSPS) is 34.9. The highest BCUT2D eigenvalue weighted by atomic mass is 16.5. The minimum absolute atomic E-state index is 0.0843. The van der Waals surface area contributed by atoms with Crippen molar-refractivity contribution < 1.29 is 9.53 Å². The van der Waals surface area contributed by atoms with Crippen molar-refractivity contribution in [3.63, 3.8) is 0 Å². The molecule has 0 aromatic rings. The molecular formula is C12H22N2O2. The number of hydrogen-bond donors (Lipinski definition) is 2. The lowest BCUT2D eigenvalue weighted by atomic mass is 9.99. The second-order valence-electron chi connectivity index (χ2n) is 5.00. The molecule has 16 heavy (non-hydrogen) atoms. The third-order valence-electron chi connectivity index (χ3n) is 3.53. The molecule has 2 heterocycles. The third-order valence-corrected chi connectivity index (χ3v) is 3.53. The zero-order chi connectivity index (χ0) is 11.4. The maximum Gasteiger partial charge on any atom is 0.225 e. The Labute approximate surface area is 97.1 Å². The maximum atomic E-state index is 11.8. The van der Waals surface area contributed by atoms with Gasteiger partial charge in [0.25, 0.3) is 0 Å². The van der Waals surface area contributed by atoms with Crippen LogP contribution >= 0.6 is 0 Å². The average molecular weight is 226 g/mol. The van der Waals surface area contributed by atoms with Crippen molar-refractivity contribution in [2.24, 2.45) is 5.92 Å². The molecule has 0 spiro atoms. The Morgan fingerprint density at radius 3 is 3.00 bits per heavy atom. The van der Waals surface area contributed by atoms with Gasteiger partial charge in [0.2, 0.25) is 5.91 Å². The minimum atomic E-state index is 0.0843. The summed E-state index contributed by atoms with van der Waals surface area (Å²) in [5.41, 5.74) is 0. The Kier molecular flexibility index (Phi) is 4.18. The van der Waals surface area contributed by atoms with Gasteiger partial charge in [0.05, 0.1) is 12.5 Å². The summed E-state index contributed by atoms with van der Waals surface area (Å²) in [6.07, 6.45) is 4.56. The van der Waals surface area contributed by atoms with Gasteiger partial charge >= 0.3 is 0 Å². The molecule has 2 aliphatic heterocycles. The second kappa shape index (κ2) is 5.64. The van der Waals surface area contributed by atoms with Gasteiger partial charge in [-0.1, -0.05) is 6.42 Å². The molecule has 2 fully saturated rings. The van der Waals surface area contributed by atoms with Crippen molar-refractivity contribution in [2.45, 2.75) is 44.7 Å². The first-order chi connectivity index (χ1) is 7.75. The van der Waals surface area contributed by atoms with Gasteiger partial charge in [-0.15, -0.1) is 0 Å². The van der Waals surface area contributed by atoms with E-state index >= 15 is 0 Å². The van der Waals surface area contributed by atoms with E-state index in [0.29, 0.717) is 18.7 Å². The predicted octanol–water partition coefficient (Wildman–Crippen LogP) is 0.670. The first-order valence-electron chi connectivity index (χ1n) is 6.37. The fraction of sp³-hybridized carbons (Fsp3) is 0.917. The van der Waals surface area contributed by atoms with Gasteiger partial charge in [-0.2, -0.15) is 0 Å². The van der Waals surface area contributed by atoms with E-state index in [0.717, 1.165) is 19.6 Å². The Morgan fingerprint density at radius 2 is 2.31 bits per heavy atom. The van der Waals surface area contributed by atoms with Gasteiger partial charge in [0, 0.05) is 25.2 Å². The van der Waals surface area contributed by atoms with Crippen molar-refractivity contribution in [3.8, 4) is 0 Å². The highest BCUT2D eigenvalue weighted by Gasteiger charge is 2.24. The van der Waals surface area contributed by atoms with Gasteiger partial charge < -0.3 is 15.4 Å². The number of carbonyl (C=O) groups is 1. The third kappa shape index (κ3) is 3.19. The molecule has 3 unspecified atom stereocenters. The smallest absolute Gasteiger partial charge is 0.225 e. The average Bonchev–Trinajstić information content (AvgIpc) is 2.79. The van der Waals surface area contributed by atoms with Crippen molar-refractivity contribution in [3.05, 3.63) is 0 Å². The number of ether oxygens (including phenoxy) is 1. The van der Waals surface area contributed by atoms with E-state index in [1.54, 1.807) is 0 Å². The van der Waals surface area contributed by atoms with Crippen molar-refractivity contribution >= 4 is 5.91 Å². The summed E-state index contributed by atoms with van der Waals surface area (Å²) in [5.74, 6) is 0.249. The zero-order valence-electron chi connectivity index (χ0n) is 10.00. The van der Waals surface area contributed by atoms with Crippen LogP contribution in [0, 0.1) is 5.92 Å². The fourth-order valence-corrected chi connectivity index (χ4v) is 2.51. The van der Waals surface area contributed by atoms with Crippen LogP contribution in [-0.2, 0) is 9.53 Å². The van der Waals surface area contributed by atoms with Crippen LogP contribution in [0.2, 0.25) is 0 Å². The largest absolute Gasteiger partial charge is 0.381 e. The van der Waals surface area contributed by atoms with Crippen molar-refractivity contribution in [1.29, 1.82) is 0 Å². The second-order valence-corrected chi connectivity index (χ2v) is 5.00. The Bertz CT molecular complexity index is 239.